The van der Waals surface area contributed by atoms with Gasteiger partial charge in [-0.2, -0.15) is 5.10 Å². The summed E-state index contributed by atoms with van der Waals surface area (Å²) < 4.78 is 7.08. The number of ether oxygens (including phenoxy) is 1. The second kappa shape index (κ2) is 4.91. The van der Waals surface area contributed by atoms with Crippen LogP contribution in [0, 0.1) is 0 Å². The Morgan fingerprint density at radius 1 is 1.44 bits per heavy atom. The summed E-state index contributed by atoms with van der Waals surface area (Å²) in [6, 6.07) is 6.58. The number of aromatic carboxylic acids is 1. The van der Waals surface area contributed by atoms with Gasteiger partial charge in [-0.25, -0.2) is 9.48 Å². The van der Waals surface area contributed by atoms with E-state index in [2.05, 4.69) is 5.10 Å². The van der Waals surface area contributed by atoms with Crippen molar-refractivity contribution in [1.29, 1.82) is 0 Å². The molecule has 0 fully saturated rings. The SMILES string of the molecule is CC(C)Oc1cnn(-c2cccc(C(=O)O)c2)c1. The molecule has 1 N–H and O–H groups in total. The first kappa shape index (κ1) is 12.2. The first-order valence-electron chi connectivity index (χ1n) is 5.61. The fourth-order valence-electron chi connectivity index (χ4n) is 1.56. The van der Waals surface area contributed by atoms with Crippen molar-refractivity contribution < 1.29 is 14.6 Å². The molecule has 1 aromatic heterocycles. The van der Waals surface area contributed by atoms with Crippen LogP contribution in [0.4, 0.5) is 0 Å². The smallest absolute Gasteiger partial charge is 0.335 e. The lowest BCUT2D eigenvalue weighted by atomic mass is 10.2. The quantitative estimate of drug-likeness (QED) is 0.899. The number of benzene rings is 1. The summed E-state index contributed by atoms with van der Waals surface area (Å²) in [5.41, 5.74) is 0.919. The topological polar surface area (TPSA) is 64.4 Å². The van der Waals surface area contributed by atoms with Crippen LogP contribution in [0.1, 0.15) is 24.2 Å². The lowest BCUT2D eigenvalue weighted by Crippen LogP contribution is -2.04. The van der Waals surface area contributed by atoms with Gasteiger partial charge in [0.05, 0.1) is 29.7 Å². The molecular weight excluding hydrogens is 232 g/mol. The Balaban J connectivity index is 2.28. The Bertz CT molecular complexity index is 561. The normalized spacial score (nSPS) is 10.6. The van der Waals surface area contributed by atoms with Gasteiger partial charge in [0.15, 0.2) is 5.75 Å². The molecule has 0 aliphatic rings. The van der Waals surface area contributed by atoms with E-state index in [1.165, 1.54) is 0 Å². The van der Waals surface area contributed by atoms with Crippen molar-refractivity contribution in [2.24, 2.45) is 0 Å². The van der Waals surface area contributed by atoms with Crippen molar-refractivity contribution in [3.05, 3.63) is 42.2 Å². The summed E-state index contributed by atoms with van der Waals surface area (Å²) in [7, 11) is 0. The molecule has 94 valence electrons. The minimum atomic E-state index is -0.956. The molecule has 0 saturated carbocycles. The van der Waals surface area contributed by atoms with Crippen LogP contribution in [0.15, 0.2) is 36.7 Å². The molecule has 0 spiro atoms. The Hall–Kier alpha value is -2.30. The second-order valence-corrected chi connectivity index (χ2v) is 4.14. The maximum absolute atomic E-state index is 10.9. The molecule has 2 aromatic rings. The summed E-state index contributed by atoms with van der Waals surface area (Å²) >= 11 is 0. The van der Waals surface area contributed by atoms with E-state index in [1.54, 1.807) is 41.3 Å². The summed E-state index contributed by atoms with van der Waals surface area (Å²) in [5, 5.41) is 13.1. The van der Waals surface area contributed by atoms with Crippen molar-refractivity contribution in [2.45, 2.75) is 20.0 Å². The zero-order valence-corrected chi connectivity index (χ0v) is 10.2. The average molecular weight is 246 g/mol. The summed E-state index contributed by atoms with van der Waals surface area (Å²) in [6.45, 7) is 3.87. The second-order valence-electron chi connectivity index (χ2n) is 4.14. The van der Waals surface area contributed by atoms with Gasteiger partial charge in [-0.3, -0.25) is 0 Å². The van der Waals surface area contributed by atoms with Gasteiger partial charge in [0.1, 0.15) is 0 Å². The van der Waals surface area contributed by atoms with E-state index in [1.807, 2.05) is 13.8 Å². The van der Waals surface area contributed by atoms with Crippen molar-refractivity contribution in [1.82, 2.24) is 9.78 Å². The number of nitrogens with zero attached hydrogens (tertiary/aromatic N) is 2. The highest BCUT2D eigenvalue weighted by Crippen LogP contribution is 2.16. The predicted octanol–water partition coefficient (Wildman–Crippen LogP) is 2.36. The molecule has 5 nitrogen and oxygen atoms in total. The molecule has 0 unspecified atom stereocenters. The molecule has 0 aliphatic heterocycles. The number of carboxylic acid groups (broad SMARTS) is 1. The Morgan fingerprint density at radius 2 is 2.22 bits per heavy atom. The Morgan fingerprint density at radius 3 is 2.89 bits per heavy atom. The van der Waals surface area contributed by atoms with Gasteiger partial charge in [-0.05, 0) is 32.0 Å². The standard InChI is InChI=1S/C13H14N2O3/c1-9(2)18-12-7-14-15(8-12)11-5-3-4-10(6-11)13(16)17/h3-9H,1-2H3,(H,16,17). The van der Waals surface area contributed by atoms with E-state index in [-0.39, 0.29) is 11.7 Å². The summed E-state index contributed by atoms with van der Waals surface area (Å²) in [6.07, 6.45) is 3.40. The fraction of sp³-hybridized carbons (Fsp3) is 0.231. The first-order valence-corrected chi connectivity index (χ1v) is 5.61. The van der Waals surface area contributed by atoms with Gasteiger partial charge < -0.3 is 9.84 Å². The maximum atomic E-state index is 10.9. The van der Waals surface area contributed by atoms with E-state index in [0.717, 1.165) is 0 Å². The van der Waals surface area contributed by atoms with E-state index in [0.29, 0.717) is 11.4 Å². The third kappa shape index (κ3) is 2.68. The molecule has 0 radical (unpaired) electrons. The summed E-state index contributed by atoms with van der Waals surface area (Å²) in [5.74, 6) is -0.298. The Kier molecular flexibility index (Phi) is 3.32. The zero-order chi connectivity index (χ0) is 13.1. The lowest BCUT2D eigenvalue weighted by molar-refractivity contribution is 0.0697. The van der Waals surface area contributed by atoms with E-state index in [9.17, 15) is 4.79 Å². The van der Waals surface area contributed by atoms with Gasteiger partial charge in [-0.15, -0.1) is 0 Å². The van der Waals surface area contributed by atoms with E-state index >= 15 is 0 Å². The van der Waals surface area contributed by atoms with Gasteiger partial charge >= 0.3 is 5.97 Å². The highest BCUT2D eigenvalue weighted by molar-refractivity contribution is 5.88. The van der Waals surface area contributed by atoms with Crippen molar-refractivity contribution in [3.63, 3.8) is 0 Å². The van der Waals surface area contributed by atoms with Crippen LogP contribution in [-0.2, 0) is 0 Å². The maximum Gasteiger partial charge on any atom is 0.335 e. The van der Waals surface area contributed by atoms with Crippen molar-refractivity contribution in [3.8, 4) is 11.4 Å². The molecule has 1 heterocycles. The summed E-state index contributed by atoms with van der Waals surface area (Å²) in [4.78, 5) is 10.9. The molecule has 0 aliphatic carbocycles. The molecule has 1 aromatic carbocycles. The molecule has 2 rings (SSSR count). The highest BCUT2D eigenvalue weighted by atomic mass is 16.5. The van der Waals surface area contributed by atoms with Crippen LogP contribution in [0.5, 0.6) is 5.75 Å². The van der Waals surface area contributed by atoms with Gasteiger partial charge in [0.25, 0.3) is 0 Å². The molecular formula is C13H14N2O3. The number of hydrogen-bond donors (Lipinski definition) is 1. The third-order valence-corrected chi connectivity index (χ3v) is 2.29. The molecule has 0 saturated heterocycles. The van der Waals surface area contributed by atoms with E-state index < -0.39 is 5.97 Å². The fourth-order valence-corrected chi connectivity index (χ4v) is 1.56. The number of carbonyl (C=O) groups is 1. The van der Waals surface area contributed by atoms with Gasteiger partial charge in [-0.1, -0.05) is 6.07 Å². The van der Waals surface area contributed by atoms with Gasteiger partial charge in [0, 0.05) is 0 Å². The van der Waals surface area contributed by atoms with Crippen LogP contribution in [0.3, 0.4) is 0 Å². The van der Waals surface area contributed by atoms with Crippen LogP contribution in [-0.4, -0.2) is 27.0 Å². The lowest BCUT2D eigenvalue weighted by Gasteiger charge is -2.05. The van der Waals surface area contributed by atoms with Crippen LogP contribution in [0.25, 0.3) is 5.69 Å². The molecule has 5 heteroatoms. The minimum absolute atomic E-state index is 0.0769. The zero-order valence-electron chi connectivity index (χ0n) is 10.2. The monoisotopic (exact) mass is 246 g/mol. The number of carboxylic acids is 1. The van der Waals surface area contributed by atoms with Crippen molar-refractivity contribution >= 4 is 5.97 Å². The predicted molar refractivity (Wildman–Crippen MR) is 66.3 cm³/mol. The number of hydrogen-bond acceptors (Lipinski definition) is 3. The third-order valence-electron chi connectivity index (χ3n) is 2.29. The molecule has 18 heavy (non-hydrogen) atoms. The van der Waals surface area contributed by atoms with Gasteiger partial charge in [0.2, 0.25) is 0 Å². The average Bonchev–Trinajstić information content (AvgIpc) is 2.77. The van der Waals surface area contributed by atoms with E-state index in [4.69, 9.17) is 9.84 Å². The van der Waals surface area contributed by atoms with Crippen molar-refractivity contribution in [2.75, 3.05) is 0 Å². The van der Waals surface area contributed by atoms with Crippen LogP contribution in [0.2, 0.25) is 0 Å². The first-order chi connectivity index (χ1) is 8.56. The molecule has 0 amide bonds. The largest absolute Gasteiger partial charge is 0.488 e. The molecule has 0 atom stereocenters. The Labute approximate surface area is 105 Å². The highest BCUT2D eigenvalue weighted by Gasteiger charge is 2.07. The number of rotatable bonds is 4. The minimum Gasteiger partial charge on any atom is -0.488 e. The van der Waals surface area contributed by atoms with Crippen LogP contribution >= 0.6 is 0 Å². The number of aromatic nitrogens is 2. The van der Waals surface area contributed by atoms with Crippen LogP contribution < -0.4 is 4.74 Å². The molecule has 0 bridgehead atoms.